The van der Waals surface area contributed by atoms with Crippen molar-refractivity contribution in [1.29, 1.82) is 0 Å². The summed E-state index contributed by atoms with van der Waals surface area (Å²) in [7, 11) is 0. The highest BCUT2D eigenvalue weighted by Gasteiger charge is 2.15. The van der Waals surface area contributed by atoms with Crippen LogP contribution >= 0.6 is 34.4 Å². The highest BCUT2D eigenvalue weighted by Crippen LogP contribution is 2.36. The second-order valence-corrected chi connectivity index (χ2v) is 8.29. The van der Waals surface area contributed by atoms with Crippen molar-refractivity contribution in [2.75, 3.05) is 5.32 Å². The molecule has 0 bridgehead atoms. The first-order valence-corrected chi connectivity index (χ1v) is 8.50. The first-order chi connectivity index (χ1) is 9.51. The van der Waals surface area contributed by atoms with Crippen molar-refractivity contribution in [3.8, 4) is 0 Å². The molecule has 0 aromatic carbocycles. The average molecular weight is 323 g/mol. The molecule has 3 aromatic heterocycles. The molecular formula is C12H13N5S3. The Morgan fingerprint density at radius 2 is 2.05 bits per heavy atom. The summed E-state index contributed by atoms with van der Waals surface area (Å²) in [5.74, 6) is 0. The smallest absolute Gasteiger partial charge is 0.206 e. The number of fused-ring (bicyclic) bond motifs is 1. The van der Waals surface area contributed by atoms with Gasteiger partial charge in [0, 0.05) is 5.54 Å². The topological polar surface area (TPSA) is 63.6 Å². The monoisotopic (exact) mass is 323 g/mol. The summed E-state index contributed by atoms with van der Waals surface area (Å²) in [5.41, 5.74) is 0.960. The maximum atomic E-state index is 4.34. The van der Waals surface area contributed by atoms with Crippen LogP contribution in [0.15, 0.2) is 27.1 Å². The number of hydrogen-bond donors (Lipinski definition) is 1. The lowest BCUT2D eigenvalue weighted by Crippen LogP contribution is -2.25. The van der Waals surface area contributed by atoms with Crippen LogP contribution in [0.3, 0.4) is 0 Å². The molecule has 3 heterocycles. The molecule has 0 saturated heterocycles. The van der Waals surface area contributed by atoms with Gasteiger partial charge in [0.2, 0.25) is 5.13 Å². The van der Waals surface area contributed by atoms with Crippen LogP contribution in [-0.4, -0.2) is 25.7 Å². The maximum absolute atomic E-state index is 4.34. The molecule has 0 saturated carbocycles. The minimum absolute atomic E-state index is 0.0165. The molecule has 0 unspecified atom stereocenters. The van der Waals surface area contributed by atoms with Gasteiger partial charge in [0.15, 0.2) is 4.34 Å². The molecule has 0 amide bonds. The molecule has 0 atom stereocenters. The second kappa shape index (κ2) is 5.27. The Kier molecular flexibility index (Phi) is 3.61. The highest BCUT2D eigenvalue weighted by molar-refractivity contribution is 8.01. The van der Waals surface area contributed by atoms with Gasteiger partial charge in [-0.15, -0.1) is 21.5 Å². The summed E-state index contributed by atoms with van der Waals surface area (Å²) in [6.07, 6.45) is 1.59. The van der Waals surface area contributed by atoms with Crippen LogP contribution in [0.5, 0.6) is 0 Å². The number of nitrogens with one attached hydrogen (secondary N) is 1. The zero-order chi connectivity index (χ0) is 14.2. The minimum Gasteiger partial charge on any atom is -0.355 e. The number of rotatable bonds is 3. The van der Waals surface area contributed by atoms with Crippen molar-refractivity contribution in [2.24, 2.45) is 0 Å². The molecule has 0 aliphatic rings. The van der Waals surface area contributed by atoms with E-state index in [4.69, 9.17) is 0 Å². The van der Waals surface area contributed by atoms with Crippen LogP contribution in [0.1, 0.15) is 20.8 Å². The van der Waals surface area contributed by atoms with Gasteiger partial charge in [0.25, 0.3) is 0 Å². The quantitative estimate of drug-likeness (QED) is 0.737. The van der Waals surface area contributed by atoms with Crippen LogP contribution < -0.4 is 5.32 Å². The zero-order valence-corrected chi connectivity index (χ0v) is 13.7. The summed E-state index contributed by atoms with van der Waals surface area (Å²) >= 11 is 4.72. The Morgan fingerprint density at radius 3 is 2.85 bits per heavy atom. The van der Waals surface area contributed by atoms with Gasteiger partial charge in [-0.1, -0.05) is 11.3 Å². The predicted molar refractivity (Wildman–Crippen MR) is 84.8 cm³/mol. The first kappa shape index (κ1) is 13.7. The van der Waals surface area contributed by atoms with Crippen LogP contribution in [-0.2, 0) is 0 Å². The maximum Gasteiger partial charge on any atom is 0.206 e. The molecule has 104 valence electrons. The molecule has 8 heteroatoms. The van der Waals surface area contributed by atoms with E-state index in [-0.39, 0.29) is 5.54 Å². The fraction of sp³-hybridized carbons (Fsp3) is 0.333. The van der Waals surface area contributed by atoms with Gasteiger partial charge in [0.1, 0.15) is 11.4 Å². The van der Waals surface area contributed by atoms with Gasteiger partial charge in [-0.3, -0.25) is 0 Å². The Hall–Kier alpha value is -1.25. The summed E-state index contributed by atoms with van der Waals surface area (Å²) in [5, 5.41) is 15.5. The van der Waals surface area contributed by atoms with E-state index in [1.807, 2.05) is 11.4 Å². The van der Waals surface area contributed by atoms with Crippen LogP contribution in [0.25, 0.3) is 10.2 Å². The summed E-state index contributed by atoms with van der Waals surface area (Å²) in [4.78, 5) is 8.58. The fourth-order valence-electron chi connectivity index (χ4n) is 1.54. The number of nitrogens with zero attached hydrogens (tertiary/aromatic N) is 4. The van der Waals surface area contributed by atoms with Gasteiger partial charge < -0.3 is 5.32 Å². The minimum atomic E-state index is -0.0165. The standard InChI is InChI=1S/C12H13N5S3/c1-12(2,3)15-10-16-17-11(20-10)19-9-8-7(4-5-18-8)13-6-14-9/h4-6H,1-3H3,(H,15,16). The number of thiophene rings is 1. The molecule has 20 heavy (non-hydrogen) atoms. The third-order valence-electron chi connectivity index (χ3n) is 2.28. The molecule has 3 aromatic rings. The van der Waals surface area contributed by atoms with Crippen LogP contribution in [0.2, 0.25) is 0 Å². The predicted octanol–water partition coefficient (Wildman–Crippen LogP) is 3.90. The number of aromatic nitrogens is 4. The van der Waals surface area contributed by atoms with Crippen molar-refractivity contribution < 1.29 is 0 Å². The van der Waals surface area contributed by atoms with E-state index >= 15 is 0 Å². The highest BCUT2D eigenvalue weighted by atomic mass is 32.2. The van der Waals surface area contributed by atoms with Gasteiger partial charge in [-0.05, 0) is 44.0 Å². The zero-order valence-electron chi connectivity index (χ0n) is 11.2. The van der Waals surface area contributed by atoms with Crippen molar-refractivity contribution >= 4 is 49.8 Å². The summed E-state index contributed by atoms with van der Waals surface area (Å²) < 4.78 is 1.98. The SMILES string of the molecule is CC(C)(C)Nc1nnc(Sc2ncnc3ccsc23)s1. The van der Waals surface area contributed by atoms with Gasteiger partial charge in [-0.2, -0.15) is 0 Å². The van der Waals surface area contributed by atoms with E-state index in [0.29, 0.717) is 0 Å². The lowest BCUT2D eigenvalue weighted by molar-refractivity contribution is 0.631. The van der Waals surface area contributed by atoms with Gasteiger partial charge >= 0.3 is 0 Å². The third-order valence-corrected chi connectivity index (χ3v) is 5.21. The van der Waals surface area contributed by atoms with Crippen molar-refractivity contribution in [2.45, 2.75) is 35.7 Å². The van der Waals surface area contributed by atoms with E-state index in [9.17, 15) is 0 Å². The van der Waals surface area contributed by atoms with Crippen molar-refractivity contribution in [1.82, 2.24) is 20.2 Å². The van der Waals surface area contributed by atoms with Crippen LogP contribution in [0, 0.1) is 0 Å². The number of anilines is 1. The van der Waals surface area contributed by atoms with E-state index in [0.717, 1.165) is 24.7 Å². The normalized spacial score (nSPS) is 11.9. The Bertz CT molecular complexity index is 728. The molecule has 0 aliphatic carbocycles. The van der Waals surface area contributed by atoms with E-state index in [1.54, 1.807) is 17.7 Å². The summed E-state index contributed by atoms with van der Waals surface area (Å²) in [6.45, 7) is 6.29. The van der Waals surface area contributed by atoms with Gasteiger partial charge in [0.05, 0.1) is 10.2 Å². The molecule has 5 nitrogen and oxygen atoms in total. The summed E-state index contributed by atoms with van der Waals surface area (Å²) in [6, 6.07) is 2.00. The Morgan fingerprint density at radius 1 is 1.20 bits per heavy atom. The molecule has 1 N–H and O–H groups in total. The van der Waals surface area contributed by atoms with E-state index in [1.165, 1.54) is 23.1 Å². The molecular weight excluding hydrogens is 310 g/mol. The lowest BCUT2D eigenvalue weighted by Gasteiger charge is -2.18. The molecule has 0 aliphatic heterocycles. The van der Waals surface area contributed by atoms with E-state index in [2.05, 4.69) is 46.3 Å². The largest absolute Gasteiger partial charge is 0.355 e. The fourth-order valence-corrected chi connectivity index (χ4v) is 4.41. The lowest BCUT2D eigenvalue weighted by atomic mass is 10.1. The molecule has 0 radical (unpaired) electrons. The first-order valence-electron chi connectivity index (χ1n) is 5.99. The van der Waals surface area contributed by atoms with Gasteiger partial charge in [-0.25, -0.2) is 9.97 Å². The van der Waals surface area contributed by atoms with Crippen molar-refractivity contribution in [3.63, 3.8) is 0 Å². The second-order valence-electron chi connectivity index (χ2n) is 5.16. The van der Waals surface area contributed by atoms with Crippen LogP contribution in [0.4, 0.5) is 5.13 Å². The molecule has 0 fully saturated rings. The van der Waals surface area contributed by atoms with E-state index < -0.39 is 0 Å². The third kappa shape index (κ3) is 3.08. The Labute approximate surface area is 128 Å². The molecule has 0 spiro atoms. The number of hydrogen-bond acceptors (Lipinski definition) is 8. The molecule has 3 rings (SSSR count). The Balaban J connectivity index is 1.83. The average Bonchev–Trinajstić information content (AvgIpc) is 2.96. The van der Waals surface area contributed by atoms with Crippen molar-refractivity contribution in [3.05, 3.63) is 17.8 Å².